The van der Waals surface area contributed by atoms with Gasteiger partial charge < -0.3 is 25.6 Å². The van der Waals surface area contributed by atoms with Crippen molar-refractivity contribution in [2.75, 3.05) is 0 Å². The zero-order valence-corrected chi connectivity index (χ0v) is 16.3. The maximum Gasteiger partial charge on any atom is 0.408 e. The van der Waals surface area contributed by atoms with E-state index in [1.165, 1.54) is 12.1 Å². The Kier molecular flexibility index (Phi) is 7.63. The molecule has 150 valence electrons. The molecular formula is C19H28N2O6. The Morgan fingerprint density at radius 2 is 1.63 bits per heavy atom. The van der Waals surface area contributed by atoms with Crippen molar-refractivity contribution in [3.8, 4) is 5.75 Å². The highest BCUT2D eigenvalue weighted by Gasteiger charge is 2.29. The third kappa shape index (κ3) is 7.98. The molecule has 0 aliphatic heterocycles. The smallest absolute Gasteiger partial charge is 0.408 e. The fourth-order valence-electron chi connectivity index (χ4n) is 2.29. The van der Waals surface area contributed by atoms with Crippen molar-refractivity contribution in [2.45, 2.75) is 58.7 Å². The Balaban J connectivity index is 2.97. The number of nitrogens with one attached hydrogen (secondary N) is 2. The van der Waals surface area contributed by atoms with Crippen LogP contribution in [0, 0.1) is 5.92 Å². The van der Waals surface area contributed by atoms with Gasteiger partial charge in [0, 0.05) is 6.42 Å². The van der Waals surface area contributed by atoms with Crippen LogP contribution in [-0.2, 0) is 20.7 Å². The average Bonchev–Trinajstić information content (AvgIpc) is 2.51. The fourth-order valence-corrected chi connectivity index (χ4v) is 2.29. The fraction of sp³-hybridized carbons (Fsp3) is 0.526. The number of ether oxygens (including phenoxy) is 1. The summed E-state index contributed by atoms with van der Waals surface area (Å²) in [5, 5.41) is 23.6. The summed E-state index contributed by atoms with van der Waals surface area (Å²) in [6.45, 7) is 8.44. The van der Waals surface area contributed by atoms with Crippen LogP contribution in [0.25, 0.3) is 0 Å². The van der Waals surface area contributed by atoms with Crippen molar-refractivity contribution < 1.29 is 29.3 Å². The van der Waals surface area contributed by atoms with Gasteiger partial charge in [-0.2, -0.15) is 0 Å². The number of carbonyl (C=O) groups is 3. The molecule has 2 amide bonds. The monoisotopic (exact) mass is 380 g/mol. The Labute approximate surface area is 158 Å². The summed E-state index contributed by atoms with van der Waals surface area (Å²) in [7, 11) is 0. The number of phenols is 1. The lowest BCUT2D eigenvalue weighted by molar-refractivity contribution is -0.143. The molecule has 0 aliphatic carbocycles. The van der Waals surface area contributed by atoms with Crippen LogP contribution < -0.4 is 10.6 Å². The zero-order chi connectivity index (χ0) is 20.8. The summed E-state index contributed by atoms with van der Waals surface area (Å²) in [6, 6.07) is 4.04. The second-order valence-electron chi connectivity index (χ2n) is 7.64. The van der Waals surface area contributed by atoms with Gasteiger partial charge in [-0.1, -0.05) is 26.0 Å². The number of carbonyl (C=O) groups excluding carboxylic acids is 2. The third-order valence-electron chi connectivity index (χ3n) is 3.61. The van der Waals surface area contributed by atoms with E-state index in [0.717, 1.165) is 0 Å². The molecule has 1 aromatic rings. The highest BCUT2D eigenvalue weighted by Crippen LogP contribution is 2.13. The van der Waals surface area contributed by atoms with Gasteiger partial charge in [-0.3, -0.25) is 4.79 Å². The van der Waals surface area contributed by atoms with Gasteiger partial charge in [0.25, 0.3) is 0 Å². The number of carboxylic acid groups (broad SMARTS) is 1. The van der Waals surface area contributed by atoms with E-state index in [9.17, 15) is 24.6 Å². The van der Waals surface area contributed by atoms with Crippen LogP contribution in [0.1, 0.15) is 40.2 Å². The van der Waals surface area contributed by atoms with Gasteiger partial charge in [0.05, 0.1) is 0 Å². The molecule has 8 heteroatoms. The molecule has 8 nitrogen and oxygen atoms in total. The van der Waals surface area contributed by atoms with Gasteiger partial charge in [-0.25, -0.2) is 9.59 Å². The van der Waals surface area contributed by atoms with E-state index in [1.807, 2.05) is 0 Å². The molecule has 0 bridgehead atoms. The van der Waals surface area contributed by atoms with Gasteiger partial charge in [-0.15, -0.1) is 0 Å². The molecule has 2 atom stereocenters. The molecular weight excluding hydrogens is 352 g/mol. The minimum atomic E-state index is -1.15. The summed E-state index contributed by atoms with van der Waals surface area (Å²) < 4.78 is 5.19. The van der Waals surface area contributed by atoms with Gasteiger partial charge in [0.2, 0.25) is 5.91 Å². The molecule has 4 N–H and O–H groups in total. The molecule has 0 heterocycles. The van der Waals surface area contributed by atoms with Crippen LogP contribution in [0.15, 0.2) is 24.3 Å². The number of carboxylic acids is 1. The number of benzene rings is 1. The molecule has 0 saturated carbocycles. The summed E-state index contributed by atoms with van der Waals surface area (Å²) in [6.07, 6.45) is -0.673. The van der Waals surface area contributed by atoms with Crippen LogP contribution >= 0.6 is 0 Å². The number of aliphatic carboxylic acids is 1. The van der Waals surface area contributed by atoms with Crippen molar-refractivity contribution in [1.82, 2.24) is 10.6 Å². The second kappa shape index (κ2) is 9.25. The average molecular weight is 380 g/mol. The van der Waals surface area contributed by atoms with Crippen LogP contribution in [0.3, 0.4) is 0 Å². The standard InChI is InChI=1S/C19H28N2O6/c1-11(2)15(17(24)25)21-16(23)14(20-18(26)27-19(3,4)5)10-12-6-8-13(22)9-7-12/h6-9,11,14-15,22H,10H2,1-5H3,(H,20,26)(H,21,23)(H,24,25)/t14-,15-/m0/s1. The van der Waals surface area contributed by atoms with E-state index < -0.39 is 35.7 Å². The molecule has 0 unspecified atom stereocenters. The van der Waals surface area contributed by atoms with Gasteiger partial charge in [0.1, 0.15) is 23.4 Å². The normalized spacial score (nSPS) is 13.6. The molecule has 1 aromatic carbocycles. The predicted molar refractivity (Wildman–Crippen MR) is 99.4 cm³/mol. The summed E-state index contributed by atoms with van der Waals surface area (Å²) in [4.78, 5) is 36.1. The molecule has 0 fully saturated rings. The molecule has 0 aliphatic rings. The number of aromatic hydroxyl groups is 1. The topological polar surface area (TPSA) is 125 Å². The van der Waals surface area contributed by atoms with E-state index in [2.05, 4.69) is 10.6 Å². The molecule has 0 aromatic heterocycles. The first-order chi connectivity index (χ1) is 12.4. The highest BCUT2D eigenvalue weighted by molar-refractivity contribution is 5.89. The van der Waals surface area contributed by atoms with Crippen LogP contribution in [-0.4, -0.2) is 45.9 Å². The first-order valence-electron chi connectivity index (χ1n) is 8.69. The van der Waals surface area contributed by atoms with Crippen LogP contribution in [0.2, 0.25) is 0 Å². The Morgan fingerprint density at radius 1 is 1.07 bits per heavy atom. The van der Waals surface area contributed by atoms with Crippen molar-refractivity contribution >= 4 is 18.0 Å². The number of hydrogen-bond acceptors (Lipinski definition) is 5. The van der Waals surface area contributed by atoms with Gasteiger partial charge in [0.15, 0.2) is 0 Å². The lowest BCUT2D eigenvalue weighted by Crippen LogP contribution is -2.54. The van der Waals surface area contributed by atoms with Gasteiger partial charge >= 0.3 is 12.1 Å². The van der Waals surface area contributed by atoms with Crippen LogP contribution in [0.5, 0.6) is 5.75 Å². The van der Waals surface area contributed by atoms with Crippen LogP contribution in [0.4, 0.5) is 4.79 Å². The van der Waals surface area contributed by atoms with Gasteiger partial charge in [-0.05, 0) is 44.4 Å². The predicted octanol–water partition coefficient (Wildman–Crippen LogP) is 2.05. The van der Waals surface area contributed by atoms with Crippen molar-refractivity contribution in [2.24, 2.45) is 5.92 Å². The summed E-state index contributed by atoms with van der Waals surface area (Å²) in [5.74, 6) is -2.04. The zero-order valence-electron chi connectivity index (χ0n) is 16.3. The highest BCUT2D eigenvalue weighted by atomic mass is 16.6. The van der Waals surface area contributed by atoms with E-state index in [1.54, 1.807) is 46.8 Å². The molecule has 27 heavy (non-hydrogen) atoms. The van der Waals surface area contributed by atoms with Crippen molar-refractivity contribution in [1.29, 1.82) is 0 Å². The molecule has 0 radical (unpaired) electrons. The first kappa shape index (κ1) is 22.3. The van der Waals surface area contributed by atoms with E-state index in [-0.39, 0.29) is 18.1 Å². The van der Waals surface area contributed by atoms with E-state index in [4.69, 9.17) is 4.74 Å². The lowest BCUT2D eigenvalue weighted by atomic mass is 10.0. The number of amides is 2. The molecule has 0 spiro atoms. The maximum absolute atomic E-state index is 12.6. The third-order valence-corrected chi connectivity index (χ3v) is 3.61. The number of hydrogen-bond donors (Lipinski definition) is 4. The number of phenolic OH excluding ortho intramolecular Hbond substituents is 1. The van der Waals surface area contributed by atoms with E-state index in [0.29, 0.717) is 5.56 Å². The SMILES string of the molecule is CC(C)[C@H](NC(=O)[C@H](Cc1ccc(O)cc1)NC(=O)OC(C)(C)C)C(=O)O. The number of alkyl carbamates (subject to hydrolysis) is 1. The van der Waals surface area contributed by atoms with E-state index >= 15 is 0 Å². The van der Waals surface area contributed by atoms with Crippen molar-refractivity contribution in [3.63, 3.8) is 0 Å². The quantitative estimate of drug-likeness (QED) is 0.574. The second-order valence-corrected chi connectivity index (χ2v) is 7.64. The Morgan fingerprint density at radius 3 is 2.07 bits per heavy atom. The Hall–Kier alpha value is -2.77. The van der Waals surface area contributed by atoms with Crippen molar-refractivity contribution in [3.05, 3.63) is 29.8 Å². The Bertz CT molecular complexity index is 664. The largest absolute Gasteiger partial charge is 0.508 e. The minimum absolute atomic E-state index is 0.0746. The first-order valence-corrected chi connectivity index (χ1v) is 8.69. The molecule has 1 rings (SSSR count). The maximum atomic E-state index is 12.6. The number of rotatable bonds is 7. The summed E-state index contributed by atoms with van der Waals surface area (Å²) >= 11 is 0. The lowest BCUT2D eigenvalue weighted by Gasteiger charge is -2.25. The molecule has 0 saturated heterocycles. The summed E-state index contributed by atoms with van der Waals surface area (Å²) in [5.41, 5.74) is -0.0639. The minimum Gasteiger partial charge on any atom is -0.508 e.